The van der Waals surface area contributed by atoms with Gasteiger partial charge in [0.1, 0.15) is 6.10 Å². The molecule has 4 atom stereocenters. The Bertz CT molecular complexity index is 1520. The van der Waals surface area contributed by atoms with Crippen LogP contribution in [0.5, 0.6) is 0 Å². The zero-order valence-electron chi connectivity index (χ0n) is 26.8. The van der Waals surface area contributed by atoms with Crippen molar-refractivity contribution in [2.24, 2.45) is 0 Å². The fourth-order valence-corrected chi connectivity index (χ4v) is 12.0. The molecule has 0 saturated carbocycles. The average Bonchev–Trinajstić information content (AvgIpc) is 3.04. The number of piperidine rings is 1. The molecule has 1 amide bonds. The lowest BCUT2D eigenvalue weighted by Crippen LogP contribution is -2.67. The molecule has 0 bridgehead atoms. The second-order valence-electron chi connectivity index (χ2n) is 12.9. The summed E-state index contributed by atoms with van der Waals surface area (Å²) in [5.74, 6) is -0.0666. The lowest BCUT2D eigenvalue weighted by molar-refractivity contribution is -0.156. The number of likely N-dealkylation sites (tertiary alicyclic amines) is 1. The van der Waals surface area contributed by atoms with Crippen LogP contribution in [0.1, 0.15) is 63.6 Å². The molecule has 0 aliphatic carbocycles. The molecule has 5 rings (SSSR count). The van der Waals surface area contributed by atoms with Gasteiger partial charge in [0.15, 0.2) is 0 Å². The maximum atomic E-state index is 14.4. The number of ether oxygens (including phenoxy) is 1. The summed E-state index contributed by atoms with van der Waals surface area (Å²) in [6, 6.07) is 36.6. The van der Waals surface area contributed by atoms with Gasteiger partial charge in [0.05, 0.1) is 18.7 Å². The highest BCUT2D eigenvalue weighted by atomic mass is 35.5. The van der Waals surface area contributed by atoms with Gasteiger partial charge in [-0.1, -0.05) is 136 Å². The first kappa shape index (κ1) is 33.4. The van der Waals surface area contributed by atoms with Gasteiger partial charge in [-0.15, -0.1) is 0 Å². The van der Waals surface area contributed by atoms with Crippen LogP contribution >= 0.6 is 23.2 Å². The van der Waals surface area contributed by atoms with E-state index in [1.807, 2.05) is 47.4 Å². The molecular weight excluding hydrogens is 617 g/mol. The van der Waals surface area contributed by atoms with Crippen molar-refractivity contribution >= 4 is 47.8 Å². The molecule has 0 N–H and O–H groups in total. The Kier molecular flexibility index (Phi) is 10.6. The highest BCUT2D eigenvalue weighted by molar-refractivity contribution is 6.99. The van der Waals surface area contributed by atoms with E-state index in [1.165, 1.54) is 10.4 Å². The number of carbonyl (C=O) groups is 1. The number of hydrogen-bond acceptors (Lipinski definition) is 3. The summed E-state index contributed by atoms with van der Waals surface area (Å²) < 4.78 is 13.3. The number of halogens is 2. The fraction of sp³-hybridized carbons (Fsp3) is 0.342. The number of methoxy groups -OCH3 is 1. The first-order valence-corrected chi connectivity index (χ1v) is 18.4. The topological polar surface area (TPSA) is 38.8 Å². The zero-order chi connectivity index (χ0) is 32.2. The molecule has 1 aliphatic heterocycles. The van der Waals surface area contributed by atoms with Crippen molar-refractivity contribution in [2.75, 3.05) is 13.7 Å². The van der Waals surface area contributed by atoms with E-state index in [9.17, 15) is 4.79 Å². The number of benzene rings is 4. The molecule has 1 aliphatic rings. The van der Waals surface area contributed by atoms with Gasteiger partial charge >= 0.3 is 0 Å². The predicted octanol–water partition coefficient (Wildman–Crippen LogP) is 8.42. The van der Waals surface area contributed by atoms with Crippen LogP contribution in [0.3, 0.4) is 0 Å². The van der Waals surface area contributed by atoms with Gasteiger partial charge in [-0.2, -0.15) is 0 Å². The number of amides is 1. The molecule has 4 aromatic carbocycles. The summed E-state index contributed by atoms with van der Waals surface area (Å²) in [7, 11) is -1.22. The van der Waals surface area contributed by atoms with Crippen LogP contribution in [0.2, 0.25) is 15.1 Å². The van der Waals surface area contributed by atoms with Gasteiger partial charge in [0.25, 0.3) is 14.2 Å². The number of rotatable bonds is 10. The van der Waals surface area contributed by atoms with Crippen LogP contribution < -0.4 is 10.4 Å². The van der Waals surface area contributed by atoms with Crippen molar-refractivity contribution < 1.29 is 14.0 Å². The van der Waals surface area contributed by atoms with E-state index in [-0.39, 0.29) is 28.9 Å². The molecular formula is C38H43Cl2NO3Si. The van der Waals surface area contributed by atoms with Crippen LogP contribution in [0.4, 0.5) is 0 Å². The van der Waals surface area contributed by atoms with Gasteiger partial charge in [0.2, 0.25) is 0 Å². The summed E-state index contributed by atoms with van der Waals surface area (Å²) in [6.07, 6.45) is 0.678. The fourth-order valence-electron chi connectivity index (χ4n) is 7.05. The number of nitrogens with zero attached hydrogens (tertiary/aromatic N) is 1. The second-order valence-corrected chi connectivity index (χ2v) is 18.1. The highest BCUT2D eigenvalue weighted by Gasteiger charge is 2.52. The van der Waals surface area contributed by atoms with Crippen molar-refractivity contribution in [3.05, 3.63) is 130 Å². The van der Waals surface area contributed by atoms with E-state index in [2.05, 4.69) is 94.4 Å². The molecule has 1 heterocycles. The first-order valence-electron chi connectivity index (χ1n) is 15.7. The Morgan fingerprint density at radius 3 is 1.93 bits per heavy atom. The van der Waals surface area contributed by atoms with Gasteiger partial charge in [0, 0.05) is 23.1 Å². The standard InChI is InChI=1S/C38H43Cl2NO3Si/c1-6-31(26-44-45(38(2,3)4,32-16-9-7-10-17-32)33-18-11-8-12-19-33)41-36(27-20-22-29(39)23-21-27)34(25-35(43-5)37(41)42)28-14-13-15-30(40)24-28/h7-24,31,34-36H,6,25-26H2,1-5H3/t31?,34-,35?,36-/m1/s1. The Morgan fingerprint density at radius 2 is 1.42 bits per heavy atom. The normalized spacial score (nSPS) is 19.8. The van der Waals surface area contributed by atoms with E-state index in [1.54, 1.807) is 7.11 Å². The lowest BCUT2D eigenvalue weighted by atomic mass is 9.78. The summed E-state index contributed by atoms with van der Waals surface area (Å²) >= 11 is 12.9. The molecule has 0 aromatic heterocycles. The van der Waals surface area contributed by atoms with Crippen molar-refractivity contribution in [1.82, 2.24) is 4.90 Å². The van der Waals surface area contributed by atoms with Crippen molar-refractivity contribution in [2.45, 2.75) is 69.7 Å². The van der Waals surface area contributed by atoms with E-state index >= 15 is 0 Å². The summed E-state index contributed by atoms with van der Waals surface area (Å²) in [6.45, 7) is 9.35. The van der Waals surface area contributed by atoms with Gasteiger partial charge < -0.3 is 14.1 Å². The third kappa shape index (κ3) is 6.79. The van der Waals surface area contributed by atoms with Gasteiger partial charge in [-0.25, -0.2) is 0 Å². The lowest BCUT2D eigenvalue weighted by Gasteiger charge is -2.49. The van der Waals surface area contributed by atoms with E-state index in [4.69, 9.17) is 32.4 Å². The minimum atomic E-state index is -2.84. The maximum absolute atomic E-state index is 14.4. The Balaban J connectivity index is 1.62. The minimum Gasteiger partial charge on any atom is -0.405 e. The summed E-state index contributed by atoms with van der Waals surface area (Å²) in [4.78, 5) is 16.5. The number of hydrogen-bond donors (Lipinski definition) is 0. The molecule has 0 radical (unpaired) electrons. The molecule has 7 heteroatoms. The largest absolute Gasteiger partial charge is 0.405 e. The first-order chi connectivity index (χ1) is 21.6. The van der Waals surface area contributed by atoms with E-state index < -0.39 is 14.4 Å². The van der Waals surface area contributed by atoms with Crippen molar-refractivity contribution in [3.8, 4) is 0 Å². The van der Waals surface area contributed by atoms with Crippen LogP contribution in [0.25, 0.3) is 0 Å². The molecule has 2 unspecified atom stereocenters. The zero-order valence-corrected chi connectivity index (χ0v) is 29.3. The van der Waals surface area contributed by atoms with Gasteiger partial charge in [-0.05, 0) is 63.6 Å². The van der Waals surface area contributed by atoms with Crippen LogP contribution in [0, 0.1) is 0 Å². The van der Waals surface area contributed by atoms with Crippen LogP contribution in [-0.2, 0) is 14.0 Å². The third-order valence-electron chi connectivity index (χ3n) is 9.23. The van der Waals surface area contributed by atoms with Crippen molar-refractivity contribution in [3.63, 3.8) is 0 Å². The number of carbonyl (C=O) groups excluding carboxylic acids is 1. The van der Waals surface area contributed by atoms with Crippen LogP contribution in [-0.4, -0.2) is 45.0 Å². The highest BCUT2D eigenvalue weighted by Crippen LogP contribution is 2.46. The maximum Gasteiger partial charge on any atom is 0.261 e. The molecule has 1 fully saturated rings. The Morgan fingerprint density at radius 1 is 0.822 bits per heavy atom. The molecule has 0 spiro atoms. The monoisotopic (exact) mass is 659 g/mol. The smallest absolute Gasteiger partial charge is 0.261 e. The molecule has 4 nitrogen and oxygen atoms in total. The molecule has 45 heavy (non-hydrogen) atoms. The van der Waals surface area contributed by atoms with Gasteiger partial charge in [-0.3, -0.25) is 4.79 Å². The summed E-state index contributed by atoms with van der Waals surface area (Å²) in [5, 5.41) is 3.56. The molecule has 236 valence electrons. The Labute approximate surface area is 279 Å². The SMILES string of the molecule is CCC(CO[Si](c1ccccc1)(c1ccccc1)C(C)(C)C)N1C(=O)C(OC)C[C@H](c2cccc(Cl)c2)[C@H]1c1ccc(Cl)cc1. The average molecular weight is 661 g/mol. The quantitative estimate of drug-likeness (QED) is 0.160. The predicted molar refractivity (Wildman–Crippen MR) is 188 cm³/mol. The van der Waals surface area contributed by atoms with E-state index in [0.717, 1.165) is 11.1 Å². The Hall–Kier alpha value is -2.93. The third-order valence-corrected chi connectivity index (χ3v) is 14.7. The second kappa shape index (κ2) is 14.2. The van der Waals surface area contributed by atoms with E-state index in [0.29, 0.717) is 29.5 Å². The van der Waals surface area contributed by atoms with Crippen LogP contribution in [0.15, 0.2) is 109 Å². The summed E-state index contributed by atoms with van der Waals surface area (Å²) in [5.41, 5.74) is 2.10. The molecule has 1 saturated heterocycles. The molecule has 4 aromatic rings. The van der Waals surface area contributed by atoms with Crippen molar-refractivity contribution in [1.29, 1.82) is 0 Å². The minimum absolute atomic E-state index is 0.0198.